The standard InChI is InChI=1S/C21H27F2N3O3SSi/c1-30(27,28)25-12-16-6-5-15(11-19(16)23)17-13-26(14-29-9-10-31(2,3)4)21-20(17)18(22)7-8-24-21/h5-8,11,13,25H,9-10,12,14H2,1-4H3/q-1. The van der Waals surface area contributed by atoms with E-state index in [9.17, 15) is 17.2 Å². The molecule has 0 aliphatic rings. The minimum atomic E-state index is -3.44. The molecule has 0 unspecified atom stereocenters. The number of nitrogens with zero attached hydrogens (tertiary/aromatic N) is 2. The summed E-state index contributed by atoms with van der Waals surface area (Å²) < 4.78 is 61.6. The van der Waals surface area contributed by atoms with Crippen molar-refractivity contribution in [2.24, 2.45) is 0 Å². The Morgan fingerprint density at radius 3 is 2.55 bits per heavy atom. The first-order valence-electron chi connectivity index (χ1n) is 9.89. The molecule has 31 heavy (non-hydrogen) atoms. The highest BCUT2D eigenvalue weighted by atomic mass is 32.2. The Morgan fingerprint density at radius 1 is 1.16 bits per heavy atom. The second-order valence-electron chi connectivity index (χ2n) is 8.75. The maximum Gasteiger partial charge on any atom is 0.209 e. The third-order valence-electron chi connectivity index (χ3n) is 4.82. The lowest BCUT2D eigenvalue weighted by Crippen LogP contribution is -2.22. The number of rotatable bonds is 9. The van der Waals surface area contributed by atoms with Crippen LogP contribution in [0.4, 0.5) is 8.78 Å². The van der Waals surface area contributed by atoms with Gasteiger partial charge >= 0.3 is 0 Å². The fraction of sp³-hybridized carbons (Fsp3) is 0.381. The molecule has 6 nitrogen and oxygen atoms in total. The third-order valence-corrected chi connectivity index (χ3v) is 7.19. The summed E-state index contributed by atoms with van der Waals surface area (Å²) in [6.07, 6.45) is 4.11. The van der Waals surface area contributed by atoms with Crippen LogP contribution < -0.4 is 4.72 Å². The minimum absolute atomic E-state index is 0.159. The second-order valence-corrected chi connectivity index (χ2v) is 16.2. The highest BCUT2D eigenvalue weighted by Gasteiger charge is 2.17. The van der Waals surface area contributed by atoms with E-state index in [0.29, 0.717) is 23.4 Å². The summed E-state index contributed by atoms with van der Waals surface area (Å²) in [5.41, 5.74) is 1.59. The van der Waals surface area contributed by atoms with Crippen molar-refractivity contribution in [3.8, 4) is 11.1 Å². The number of pyridine rings is 1. The van der Waals surface area contributed by atoms with Gasteiger partial charge in [0.15, 0.2) is 0 Å². The van der Waals surface area contributed by atoms with Gasteiger partial charge < -0.3 is 9.30 Å². The summed E-state index contributed by atoms with van der Waals surface area (Å²) in [4.78, 5) is 4.29. The molecule has 0 saturated carbocycles. The smallest absolute Gasteiger partial charge is 0.209 e. The molecule has 0 atom stereocenters. The lowest BCUT2D eigenvalue weighted by atomic mass is 10.0. The van der Waals surface area contributed by atoms with Crippen molar-refractivity contribution in [1.82, 2.24) is 14.3 Å². The molecule has 2 aromatic heterocycles. The van der Waals surface area contributed by atoms with E-state index in [0.717, 1.165) is 12.3 Å². The Bertz CT molecular complexity index is 1190. The molecule has 3 rings (SSSR count). The van der Waals surface area contributed by atoms with Crippen LogP contribution in [-0.4, -0.2) is 38.9 Å². The first-order valence-corrected chi connectivity index (χ1v) is 15.5. The van der Waals surface area contributed by atoms with Gasteiger partial charge in [0.2, 0.25) is 10.0 Å². The zero-order valence-electron chi connectivity index (χ0n) is 18.1. The molecule has 0 bridgehead atoms. The van der Waals surface area contributed by atoms with Crippen LogP contribution in [0.3, 0.4) is 0 Å². The van der Waals surface area contributed by atoms with Gasteiger partial charge in [0, 0.05) is 36.7 Å². The molecular formula is C21H27F2N3O3SSi-. The summed E-state index contributed by atoms with van der Waals surface area (Å²) in [5.74, 6) is -1.03. The summed E-state index contributed by atoms with van der Waals surface area (Å²) in [5, 5.41) is 0.290. The van der Waals surface area contributed by atoms with Gasteiger partial charge in [-0.05, 0) is 17.7 Å². The fourth-order valence-corrected chi connectivity index (χ4v) is 4.28. The van der Waals surface area contributed by atoms with Gasteiger partial charge in [-0.2, -0.15) is 19.6 Å². The van der Waals surface area contributed by atoms with E-state index in [2.05, 4.69) is 29.3 Å². The van der Waals surface area contributed by atoms with E-state index >= 15 is 0 Å². The molecule has 0 amide bonds. The number of halogens is 2. The molecule has 0 saturated heterocycles. The zero-order chi connectivity index (χ0) is 22.8. The highest BCUT2D eigenvalue weighted by molar-refractivity contribution is 7.88. The van der Waals surface area contributed by atoms with Crippen molar-refractivity contribution in [3.05, 3.63) is 53.9 Å². The van der Waals surface area contributed by atoms with Crippen LogP contribution in [0.5, 0.6) is 0 Å². The molecule has 0 aliphatic carbocycles. The van der Waals surface area contributed by atoms with Gasteiger partial charge in [-0.25, -0.2) is 26.9 Å². The highest BCUT2D eigenvalue weighted by Crippen LogP contribution is 2.32. The lowest BCUT2D eigenvalue weighted by Gasteiger charge is -2.26. The number of benzene rings is 1. The van der Waals surface area contributed by atoms with Crippen LogP contribution in [0.25, 0.3) is 22.2 Å². The van der Waals surface area contributed by atoms with Gasteiger partial charge in [-0.1, -0.05) is 12.1 Å². The number of aromatic nitrogens is 2. The first-order chi connectivity index (χ1) is 14.4. The van der Waals surface area contributed by atoms with Crippen molar-refractivity contribution in [2.45, 2.75) is 39.0 Å². The van der Waals surface area contributed by atoms with Crippen LogP contribution in [0.1, 0.15) is 5.56 Å². The fourth-order valence-electron chi connectivity index (χ4n) is 3.10. The van der Waals surface area contributed by atoms with E-state index in [1.165, 1.54) is 24.4 Å². The van der Waals surface area contributed by atoms with Crippen LogP contribution in [-0.2, 0) is 28.0 Å². The van der Waals surface area contributed by atoms with Crippen LogP contribution >= 0.6 is 0 Å². The Hall–Kier alpha value is -2.14. The van der Waals surface area contributed by atoms with E-state index in [1.54, 1.807) is 16.8 Å². The predicted octanol–water partition coefficient (Wildman–Crippen LogP) is 4.34. The van der Waals surface area contributed by atoms with Crippen molar-refractivity contribution < 1.29 is 21.9 Å². The number of ether oxygens (including phenoxy) is 1. The average Bonchev–Trinajstić information content (AvgIpc) is 3.03. The molecule has 169 valence electrons. The molecule has 0 radical (unpaired) electrons. The Morgan fingerprint density at radius 2 is 1.90 bits per heavy atom. The topological polar surface area (TPSA) is 73.2 Å². The summed E-state index contributed by atoms with van der Waals surface area (Å²) >= 11 is 0. The SMILES string of the molecule is C[Si-](C)(C)CCOCn1cc(-c2ccc(CNS(C)(=O)=O)c(F)c2)c2c(F)ccnc21. The van der Waals surface area contributed by atoms with Gasteiger partial charge in [0.1, 0.15) is 24.0 Å². The second kappa shape index (κ2) is 9.15. The maximum atomic E-state index is 14.7. The molecule has 10 heteroatoms. The maximum absolute atomic E-state index is 14.7. The van der Waals surface area contributed by atoms with Gasteiger partial charge in [0.25, 0.3) is 0 Å². The average molecular weight is 468 g/mol. The predicted molar refractivity (Wildman–Crippen MR) is 121 cm³/mol. The van der Waals surface area contributed by atoms with Crippen molar-refractivity contribution in [3.63, 3.8) is 0 Å². The quantitative estimate of drug-likeness (QED) is 0.375. The van der Waals surface area contributed by atoms with Crippen LogP contribution in [0.15, 0.2) is 36.7 Å². The number of nitrogens with one attached hydrogen (secondary N) is 1. The number of hydrogen-bond donors (Lipinski definition) is 1. The molecular weight excluding hydrogens is 440 g/mol. The number of sulfonamides is 1. The van der Waals surface area contributed by atoms with Crippen LogP contribution in [0.2, 0.25) is 25.7 Å². The molecule has 0 fully saturated rings. The minimum Gasteiger partial charge on any atom is -0.364 e. The zero-order valence-corrected chi connectivity index (χ0v) is 19.9. The number of hydrogen-bond acceptors (Lipinski definition) is 4. The Balaban J connectivity index is 1.90. The van der Waals surface area contributed by atoms with Crippen molar-refractivity contribution in [2.75, 3.05) is 12.9 Å². The molecule has 1 aromatic carbocycles. The Labute approximate surface area is 182 Å². The summed E-state index contributed by atoms with van der Waals surface area (Å²) in [7, 11) is -4.67. The van der Waals surface area contributed by atoms with Crippen molar-refractivity contribution >= 4 is 29.1 Å². The van der Waals surface area contributed by atoms with E-state index < -0.39 is 29.7 Å². The van der Waals surface area contributed by atoms with Gasteiger partial charge in [0.05, 0.1) is 11.6 Å². The Kier molecular flexibility index (Phi) is 6.94. The molecule has 0 spiro atoms. The monoisotopic (exact) mass is 467 g/mol. The first kappa shape index (κ1) is 23.5. The molecule has 1 N–H and O–H groups in total. The van der Waals surface area contributed by atoms with E-state index in [4.69, 9.17) is 4.74 Å². The molecule has 0 aliphatic heterocycles. The van der Waals surface area contributed by atoms with Crippen LogP contribution in [0, 0.1) is 11.6 Å². The summed E-state index contributed by atoms with van der Waals surface area (Å²) in [6, 6.07) is 6.68. The molecule has 3 aromatic rings. The largest absolute Gasteiger partial charge is 0.364 e. The molecule has 2 heterocycles. The third kappa shape index (κ3) is 6.19. The van der Waals surface area contributed by atoms with Crippen molar-refractivity contribution in [1.29, 1.82) is 0 Å². The van der Waals surface area contributed by atoms with Gasteiger partial charge in [-0.3, -0.25) is 0 Å². The normalized spacial score (nSPS) is 12.6. The van der Waals surface area contributed by atoms with E-state index in [1.807, 2.05) is 0 Å². The summed E-state index contributed by atoms with van der Waals surface area (Å²) in [6.45, 7) is 7.46. The van der Waals surface area contributed by atoms with E-state index in [-0.39, 0.29) is 24.2 Å². The van der Waals surface area contributed by atoms with Gasteiger partial charge in [-0.15, -0.1) is 14.1 Å². The lowest BCUT2D eigenvalue weighted by molar-refractivity contribution is 0.0899. The number of fused-ring (bicyclic) bond motifs is 1.